The van der Waals surface area contributed by atoms with E-state index in [4.69, 9.17) is 0 Å². The fraction of sp³-hybridized carbons (Fsp3) is 0.529. The Balaban J connectivity index is 1.63. The molecule has 118 valence electrons. The summed E-state index contributed by atoms with van der Waals surface area (Å²) in [6.07, 6.45) is 3.30. The monoisotopic (exact) mass is 303 g/mol. The topological polar surface area (TPSA) is 77.8 Å². The van der Waals surface area contributed by atoms with Crippen molar-refractivity contribution in [3.05, 3.63) is 29.8 Å². The summed E-state index contributed by atoms with van der Waals surface area (Å²) in [5.41, 5.74) is 0.0352. The van der Waals surface area contributed by atoms with Crippen molar-refractivity contribution in [3.8, 4) is 5.75 Å². The molecule has 5 heteroatoms. The molecule has 2 aliphatic rings. The molecule has 22 heavy (non-hydrogen) atoms. The normalized spacial score (nSPS) is 26.9. The van der Waals surface area contributed by atoms with Gasteiger partial charge in [-0.2, -0.15) is 0 Å². The van der Waals surface area contributed by atoms with E-state index in [2.05, 4.69) is 0 Å². The molecule has 1 saturated carbocycles. The molecule has 2 fully saturated rings. The molecule has 0 spiro atoms. The van der Waals surface area contributed by atoms with Gasteiger partial charge in [0.15, 0.2) is 0 Å². The molecule has 0 aromatic heterocycles. The first kappa shape index (κ1) is 14.9. The smallest absolute Gasteiger partial charge is 0.311 e. The number of hydrogen-bond acceptors (Lipinski definition) is 3. The van der Waals surface area contributed by atoms with Crippen molar-refractivity contribution in [2.24, 2.45) is 11.3 Å². The van der Waals surface area contributed by atoms with Crippen LogP contribution in [-0.4, -0.2) is 40.1 Å². The highest BCUT2D eigenvalue weighted by Gasteiger charge is 2.55. The maximum Gasteiger partial charge on any atom is 0.311 e. The quantitative estimate of drug-likeness (QED) is 0.892. The molecule has 0 radical (unpaired) electrons. The van der Waals surface area contributed by atoms with Gasteiger partial charge in [-0.1, -0.05) is 24.6 Å². The van der Waals surface area contributed by atoms with Gasteiger partial charge in [0.2, 0.25) is 5.91 Å². The first-order valence-electron chi connectivity index (χ1n) is 7.81. The van der Waals surface area contributed by atoms with Gasteiger partial charge in [0.05, 0.1) is 5.41 Å². The second-order valence-corrected chi connectivity index (χ2v) is 6.45. The van der Waals surface area contributed by atoms with Crippen molar-refractivity contribution in [1.82, 2.24) is 4.90 Å². The number of aromatic hydroxyl groups is 1. The van der Waals surface area contributed by atoms with Gasteiger partial charge >= 0.3 is 5.97 Å². The van der Waals surface area contributed by atoms with Crippen LogP contribution < -0.4 is 0 Å². The minimum Gasteiger partial charge on any atom is -0.508 e. The number of carbonyl (C=O) groups is 2. The Hall–Kier alpha value is -2.04. The van der Waals surface area contributed by atoms with Crippen LogP contribution in [0.3, 0.4) is 0 Å². The number of likely N-dealkylation sites (tertiary alicyclic amines) is 1. The van der Waals surface area contributed by atoms with Crippen LogP contribution >= 0.6 is 0 Å². The van der Waals surface area contributed by atoms with Gasteiger partial charge in [0, 0.05) is 19.5 Å². The summed E-state index contributed by atoms with van der Waals surface area (Å²) in [5, 5.41) is 19.3. The number of fused-ring (bicyclic) bond motifs is 1. The summed E-state index contributed by atoms with van der Waals surface area (Å²) in [6.45, 7) is 0.901. The number of aryl methyl sites for hydroxylation is 1. The largest absolute Gasteiger partial charge is 0.508 e. The molecule has 3 rings (SSSR count). The number of carbonyl (C=O) groups excluding carboxylic acids is 1. The van der Waals surface area contributed by atoms with Gasteiger partial charge in [0.1, 0.15) is 5.75 Å². The van der Waals surface area contributed by atoms with Crippen LogP contribution in [0.25, 0.3) is 0 Å². The third-order valence-corrected chi connectivity index (χ3v) is 5.25. The predicted molar refractivity (Wildman–Crippen MR) is 80.4 cm³/mol. The fourth-order valence-electron chi connectivity index (χ4n) is 3.95. The zero-order valence-electron chi connectivity index (χ0n) is 12.5. The molecule has 2 N–H and O–H groups in total. The lowest BCUT2D eigenvalue weighted by Crippen LogP contribution is -2.37. The minimum atomic E-state index is -0.758. The molecule has 1 amide bonds. The van der Waals surface area contributed by atoms with Crippen LogP contribution in [0.2, 0.25) is 0 Å². The van der Waals surface area contributed by atoms with Gasteiger partial charge in [0.25, 0.3) is 0 Å². The second kappa shape index (κ2) is 5.63. The lowest BCUT2D eigenvalue weighted by Gasteiger charge is -2.23. The Labute approximate surface area is 129 Å². The van der Waals surface area contributed by atoms with E-state index in [1.165, 1.54) is 0 Å². The van der Waals surface area contributed by atoms with Crippen LogP contribution in [0.4, 0.5) is 0 Å². The molecule has 1 aliphatic carbocycles. The molecule has 5 nitrogen and oxygen atoms in total. The van der Waals surface area contributed by atoms with Crippen LogP contribution in [0.15, 0.2) is 24.3 Å². The highest BCUT2D eigenvalue weighted by atomic mass is 16.4. The summed E-state index contributed by atoms with van der Waals surface area (Å²) in [6, 6.07) is 7.00. The number of hydrogen-bond donors (Lipinski definition) is 2. The number of phenols is 1. The van der Waals surface area contributed by atoms with Crippen molar-refractivity contribution in [1.29, 1.82) is 0 Å². The van der Waals surface area contributed by atoms with Crippen molar-refractivity contribution in [2.75, 3.05) is 13.1 Å². The number of rotatable bonds is 4. The first-order chi connectivity index (χ1) is 10.5. The minimum absolute atomic E-state index is 0.0155. The molecule has 1 aliphatic heterocycles. The Bertz CT molecular complexity index is 600. The number of carboxylic acids is 1. The van der Waals surface area contributed by atoms with Crippen LogP contribution in [0.1, 0.15) is 31.2 Å². The molecule has 2 atom stereocenters. The third-order valence-electron chi connectivity index (χ3n) is 5.25. The molecule has 1 saturated heterocycles. The molecule has 1 aromatic rings. The van der Waals surface area contributed by atoms with Crippen molar-refractivity contribution >= 4 is 11.9 Å². The molecule has 1 heterocycles. The lowest BCUT2D eigenvalue weighted by atomic mass is 9.81. The summed E-state index contributed by atoms with van der Waals surface area (Å²) in [4.78, 5) is 25.7. The Morgan fingerprint density at radius 3 is 2.77 bits per heavy atom. The Kier molecular flexibility index (Phi) is 3.81. The highest BCUT2D eigenvalue weighted by Crippen LogP contribution is 2.49. The van der Waals surface area contributed by atoms with E-state index in [9.17, 15) is 19.8 Å². The zero-order valence-corrected chi connectivity index (χ0v) is 12.5. The summed E-state index contributed by atoms with van der Waals surface area (Å²) in [7, 11) is 0. The van der Waals surface area contributed by atoms with E-state index in [-0.39, 0.29) is 17.6 Å². The molecule has 1 aromatic carbocycles. The van der Waals surface area contributed by atoms with Crippen molar-refractivity contribution < 1.29 is 19.8 Å². The van der Waals surface area contributed by atoms with Crippen LogP contribution in [-0.2, 0) is 16.0 Å². The van der Waals surface area contributed by atoms with E-state index >= 15 is 0 Å². The average Bonchev–Trinajstić information content (AvgIpc) is 3.04. The number of carboxylic acid groups (broad SMARTS) is 1. The number of amides is 1. The maximum absolute atomic E-state index is 12.4. The summed E-state index contributed by atoms with van der Waals surface area (Å²) < 4.78 is 0. The maximum atomic E-state index is 12.4. The van der Waals surface area contributed by atoms with Gasteiger partial charge in [-0.3, -0.25) is 9.59 Å². The summed E-state index contributed by atoms with van der Waals surface area (Å²) >= 11 is 0. The van der Waals surface area contributed by atoms with Gasteiger partial charge in [-0.05, 0) is 36.8 Å². The SMILES string of the molecule is O=C(CCc1ccccc1O)N1C[C@@H]2CCC[C@@]2(C(=O)O)C1. The number of nitrogens with zero attached hydrogens (tertiary/aromatic N) is 1. The van der Waals surface area contributed by atoms with Crippen molar-refractivity contribution in [3.63, 3.8) is 0 Å². The fourth-order valence-corrected chi connectivity index (χ4v) is 3.95. The number of phenolic OH excluding ortho intramolecular Hbond substituents is 1. The lowest BCUT2D eigenvalue weighted by molar-refractivity contribution is -0.149. The average molecular weight is 303 g/mol. The van der Waals surface area contributed by atoms with Crippen LogP contribution in [0, 0.1) is 11.3 Å². The number of aliphatic carboxylic acids is 1. The van der Waals surface area contributed by atoms with Gasteiger partial charge in [-0.25, -0.2) is 0 Å². The highest BCUT2D eigenvalue weighted by molar-refractivity contribution is 5.81. The standard InChI is InChI=1S/C17H21NO4/c19-14-6-2-1-4-12(14)7-8-15(20)18-10-13-5-3-9-17(13,11-18)16(21)22/h1-2,4,6,13,19H,3,5,7-11H2,(H,21,22)/t13-,17+/m0/s1. The third kappa shape index (κ3) is 2.45. The molecular formula is C17H21NO4. The van der Waals surface area contributed by atoms with E-state index < -0.39 is 11.4 Å². The van der Waals surface area contributed by atoms with Crippen LogP contribution in [0.5, 0.6) is 5.75 Å². The zero-order chi connectivity index (χ0) is 15.7. The predicted octanol–water partition coefficient (Wildman–Crippen LogP) is 2.04. The Morgan fingerprint density at radius 1 is 1.32 bits per heavy atom. The molecule has 0 bridgehead atoms. The first-order valence-corrected chi connectivity index (χ1v) is 7.81. The van der Waals surface area contributed by atoms with Crippen molar-refractivity contribution in [2.45, 2.75) is 32.1 Å². The second-order valence-electron chi connectivity index (χ2n) is 6.45. The van der Waals surface area contributed by atoms with E-state index in [1.54, 1.807) is 23.1 Å². The molecule has 0 unspecified atom stereocenters. The van der Waals surface area contributed by atoms with E-state index in [1.807, 2.05) is 6.07 Å². The van der Waals surface area contributed by atoms with Gasteiger partial charge in [-0.15, -0.1) is 0 Å². The van der Waals surface area contributed by atoms with Gasteiger partial charge < -0.3 is 15.1 Å². The summed E-state index contributed by atoms with van der Waals surface area (Å²) in [5.74, 6) is -0.473. The Morgan fingerprint density at radius 2 is 2.09 bits per heavy atom. The number of para-hydroxylation sites is 1. The van der Waals surface area contributed by atoms with E-state index in [0.717, 1.165) is 18.4 Å². The molecular weight excluding hydrogens is 282 g/mol. The number of benzene rings is 1. The van der Waals surface area contributed by atoms with E-state index in [0.29, 0.717) is 32.4 Å².